The van der Waals surface area contributed by atoms with E-state index in [1.807, 2.05) is 0 Å². The fourth-order valence-electron chi connectivity index (χ4n) is 2.24. The molecule has 0 aliphatic rings. The summed E-state index contributed by atoms with van der Waals surface area (Å²) in [5.41, 5.74) is 2.90. The second-order valence-corrected chi connectivity index (χ2v) is 4.94. The predicted octanol–water partition coefficient (Wildman–Crippen LogP) is 4.22. The van der Waals surface area contributed by atoms with Gasteiger partial charge in [-0.15, -0.1) is 0 Å². The molecule has 0 saturated heterocycles. The summed E-state index contributed by atoms with van der Waals surface area (Å²) >= 11 is 0. The summed E-state index contributed by atoms with van der Waals surface area (Å²) in [5, 5.41) is 0. The van der Waals surface area contributed by atoms with Crippen LogP contribution in [-0.4, -0.2) is 0 Å². The third-order valence-electron chi connectivity index (χ3n) is 3.38. The van der Waals surface area contributed by atoms with Gasteiger partial charge in [0, 0.05) is 11.6 Å². The van der Waals surface area contributed by atoms with E-state index in [0.29, 0.717) is 5.56 Å². The minimum atomic E-state index is -0.431. The number of benzene rings is 1. The Morgan fingerprint density at radius 3 is 2.47 bits per heavy atom. The molecule has 1 atom stereocenters. The molecule has 0 spiro atoms. The van der Waals surface area contributed by atoms with E-state index in [2.05, 4.69) is 12.3 Å². The van der Waals surface area contributed by atoms with Crippen LogP contribution in [0.2, 0.25) is 0 Å². The van der Waals surface area contributed by atoms with Gasteiger partial charge in [0.15, 0.2) is 0 Å². The number of hydrazine groups is 1. The quantitative estimate of drug-likeness (QED) is 0.400. The monoisotopic (exact) mass is 270 g/mol. The van der Waals surface area contributed by atoms with Crippen molar-refractivity contribution in [1.82, 2.24) is 5.43 Å². The van der Waals surface area contributed by atoms with E-state index in [1.54, 1.807) is 0 Å². The van der Waals surface area contributed by atoms with Crippen molar-refractivity contribution in [3.8, 4) is 0 Å². The minimum Gasteiger partial charge on any atom is -0.271 e. The molecule has 2 nitrogen and oxygen atoms in total. The largest absolute Gasteiger partial charge is 0.271 e. The van der Waals surface area contributed by atoms with E-state index < -0.39 is 11.6 Å². The Morgan fingerprint density at radius 2 is 1.79 bits per heavy atom. The molecule has 0 fully saturated rings. The van der Waals surface area contributed by atoms with Crippen LogP contribution in [0.3, 0.4) is 0 Å². The average Bonchev–Trinajstić information content (AvgIpc) is 2.41. The molecule has 0 saturated carbocycles. The Bertz CT molecular complexity index is 369. The van der Waals surface area contributed by atoms with Gasteiger partial charge in [-0.2, -0.15) is 0 Å². The van der Waals surface area contributed by atoms with Crippen LogP contribution in [0.1, 0.15) is 63.5 Å². The van der Waals surface area contributed by atoms with Gasteiger partial charge in [0.25, 0.3) is 0 Å². The number of hydrogen-bond acceptors (Lipinski definition) is 2. The zero-order valence-electron chi connectivity index (χ0n) is 11.6. The highest BCUT2D eigenvalue weighted by molar-refractivity contribution is 5.22. The summed E-state index contributed by atoms with van der Waals surface area (Å²) in [6.07, 6.45) is 7.72. The maximum atomic E-state index is 13.6. The molecule has 1 unspecified atom stereocenters. The Morgan fingerprint density at radius 1 is 1.11 bits per heavy atom. The molecule has 108 valence electrons. The van der Waals surface area contributed by atoms with Crippen LogP contribution in [0.4, 0.5) is 8.78 Å². The number of nitrogens with two attached hydrogens (primary N) is 1. The van der Waals surface area contributed by atoms with Gasteiger partial charge in [-0.05, 0) is 24.6 Å². The van der Waals surface area contributed by atoms with Crippen LogP contribution in [-0.2, 0) is 0 Å². The Kier molecular flexibility index (Phi) is 7.60. The number of halogens is 2. The molecule has 0 radical (unpaired) electrons. The number of rotatable bonds is 9. The summed E-state index contributed by atoms with van der Waals surface area (Å²) in [6.45, 7) is 2.18. The van der Waals surface area contributed by atoms with Gasteiger partial charge in [0.1, 0.15) is 11.6 Å². The van der Waals surface area contributed by atoms with E-state index in [4.69, 9.17) is 5.84 Å². The van der Waals surface area contributed by atoms with Crippen molar-refractivity contribution >= 4 is 0 Å². The second kappa shape index (κ2) is 8.99. The van der Waals surface area contributed by atoms with Crippen LogP contribution < -0.4 is 11.3 Å². The summed E-state index contributed by atoms with van der Waals surface area (Å²) in [4.78, 5) is 0. The van der Waals surface area contributed by atoms with Crippen molar-refractivity contribution in [2.24, 2.45) is 5.84 Å². The molecule has 4 heteroatoms. The van der Waals surface area contributed by atoms with E-state index in [9.17, 15) is 8.78 Å². The van der Waals surface area contributed by atoms with Crippen LogP contribution in [0.5, 0.6) is 0 Å². The Hall–Kier alpha value is -1.00. The second-order valence-electron chi connectivity index (χ2n) is 4.94. The van der Waals surface area contributed by atoms with Crippen molar-refractivity contribution in [2.75, 3.05) is 0 Å². The first kappa shape index (κ1) is 16.1. The number of unbranched alkanes of at least 4 members (excludes halogenated alkanes) is 5. The summed E-state index contributed by atoms with van der Waals surface area (Å²) in [6, 6.07) is 3.17. The van der Waals surface area contributed by atoms with Gasteiger partial charge in [-0.1, -0.05) is 45.4 Å². The normalized spacial score (nSPS) is 12.6. The molecule has 19 heavy (non-hydrogen) atoms. The maximum Gasteiger partial charge on any atom is 0.128 e. The summed E-state index contributed by atoms with van der Waals surface area (Å²) < 4.78 is 26.8. The molecule has 0 aliphatic carbocycles. The molecule has 0 aromatic heterocycles. The third-order valence-corrected chi connectivity index (χ3v) is 3.38. The summed E-state index contributed by atoms with van der Waals surface area (Å²) in [7, 11) is 0. The van der Waals surface area contributed by atoms with Gasteiger partial charge >= 0.3 is 0 Å². The molecular formula is C15H24F2N2. The van der Waals surface area contributed by atoms with E-state index in [-0.39, 0.29) is 6.04 Å². The van der Waals surface area contributed by atoms with E-state index in [0.717, 1.165) is 31.4 Å². The SMILES string of the molecule is CCCCCCCCC(NN)c1cc(F)ccc1F. The molecule has 3 N–H and O–H groups in total. The fourth-order valence-corrected chi connectivity index (χ4v) is 2.24. The zero-order chi connectivity index (χ0) is 14.1. The maximum absolute atomic E-state index is 13.6. The number of nitrogens with one attached hydrogen (secondary N) is 1. The van der Waals surface area contributed by atoms with Crippen molar-refractivity contribution in [3.05, 3.63) is 35.4 Å². The molecule has 1 aromatic carbocycles. The van der Waals surface area contributed by atoms with Gasteiger partial charge in [0.05, 0.1) is 0 Å². The van der Waals surface area contributed by atoms with Crippen molar-refractivity contribution < 1.29 is 8.78 Å². The molecule has 0 heterocycles. The highest BCUT2D eigenvalue weighted by Crippen LogP contribution is 2.23. The van der Waals surface area contributed by atoms with Crippen LogP contribution in [0, 0.1) is 11.6 Å². The first-order chi connectivity index (χ1) is 9.19. The molecule has 0 bridgehead atoms. The van der Waals surface area contributed by atoms with Crippen molar-refractivity contribution in [1.29, 1.82) is 0 Å². The molecule has 1 aromatic rings. The molecule has 0 aliphatic heterocycles. The predicted molar refractivity (Wildman–Crippen MR) is 74.4 cm³/mol. The van der Waals surface area contributed by atoms with E-state index in [1.165, 1.54) is 31.7 Å². The van der Waals surface area contributed by atoms with Crippen molar-refractivity contribution in [2.45, 2.75) is 57.9 Å². The smallest absolute Gasteiger partial charge is 0.128 e. The Balaban J connectivity index is 2.42. The fraction of sp³-hybridized carbons (Fsp3) is 0.600. The highest BCUT2D eigenvalue weighted by Gasteiger charge is 2.14. The lowest BCUT2D eigenvalue weighted by molar-refractivity contribution is 0.454. The third kappa shape index (κ3) is 5.66. The first-order valence-electron chi connectivity index (χ1n) is 7.10. The van der Waals surface area contributed by atoms with Crippen LogP contribution >= 0.6 is 0 Å². The Labute approximate surface area is 114 Å². The van der Waals surface area contributed by atoms with Crippen LogP contribution in [0.15, 0.2) is 18.2 Å². The minimum absolute atomic E-state index is 0.316. The zero-order valence-corrected chi connectivity index (χ0v) is 11.6. The van der Waals surface area contributed by atoms with Gasteiger partial charge in [-0.25, -0.2) is 8.78 Å². The lowest BCUT2D eigenvalue weighted by atomic mass is 9.99. The molecule has 1 rings (SSSR count). The lowest BCUT2D eigenvalue weighted by Gasteiger charge is -2.17. The first-order valence-corrected chi connectivity index (χ1v) is 7.10. The lowest BCUT2D eigenvalue weighted by Crippen LogP contribution is -2.28. The topological polar surface area (TPSA) is 38.0 Å². The molecular weight excluding hydrogens is 246 g/mol. The van der Waals surface area contributed by atoms with Crippen molar-refractivity contribution in [3.63, 3.8) is 0 Å². The van der Waals surface area contributed by atoms with Gasteiger partial charge < -0.3 is 0 Å². The standard InChI is InChI=1S/C15H24F2N2/c1-2-3-4-5-6-7-8-15(19-18)13-11-12(16)9-10-14(13)17/h9-11,15,19H,2-8,18H2,1H3. The number of hydrogen-bond donors (Lipinski definition) is 2. The van der Waals surface area contributed by atoms with E-state index >= 15 is 0 Å². The average molecular weight is 270 g/mol. The van der Waals surface area contributed by atoms with Gasteiger partial charge in [0.2, 0.25) is 0 Å². The molecule has 0 amide bonds. The summed E-state index contributed by atoms with van der Waals surface area (Å²) in [5.74, 6) is 4.61. The highest BCUT2D eigenvalue weighted by atomic mass is 19.1. The van der Waals surface area contributed by atoms with Crippen LogP contribution in [0.25, 0.3) is 0 Å². The van der Waals surface area contributed by atoms with Gasteiger partial charge in [-0.3, -0.25) is 11.3 Å².